The number of ether oxygens (including phenoxy) is 1. The summed E-state index contributed by atoms with van der Waals surface area (Å²) in [6, 6.07) is 11.2. The van der Waals surface area contributed by atoms with Crippen LogP contribution in [0.1, 0.15) is 5.56 Å². The van der Waals surface area contributed by atoms with Crippen LogP contribution in [0.2, 0.25) is 0 Å². The number of aromatic nitrogens is 3. The second kappa shape index (κ2) is 7.82. The van der Waals surface area contributed by atoms with Gasteiger partial charge in [-0.15, -0.1) is 0 Å². The molecule has 1 N–H and O–H groups in total. The standard InChI is InChI=1S/C21H23N5O2/c1-25(12-13-28-2)21-23-19(15-4-3-5-17(27)14-15)18-8-11-26(20(18)24-21)16-6-9-22-10-7-16/h3-7,9-10,14,27H,8,11-13H2,1-2H3. The second-order valence-electron chi connectivity index (χ2n) is 6.75. The Morgan fingerprint density at radius 1 is 1.18 bits per heavy atom. The molecule has 28 heavy (non-hydrogen) atoms. The molecule has 0 spiro atoms. The van der Waals surface area contributed by atoms with E-state index in [1.54, 1.807) is 31.6 Å². The minimum absolute atomic E-state index is 0.225. The number of phenols is 1. The molecule has 144 valence electrons. The van der Waals surface area contributed by atoms with Crippen LogP contribution in [-0.4, -0.2) is 53.9 Å². The Bertz CT molecular complexity index is 964. The molecule has 2 aromatic heterocycles. The maximum absolute atomic E-state index is 9.96. The second-order valence-corrected chi connectivity index (χ2v) is 6.75. The molecule has 0 saturated heterocycles. The number of aromatic hydroxyl groups is 1. The summed E-state index contributed by atoms with van der Waals surface area (Å²) in [6.07, 6.45) is 4.41. The molecule has 0 amide bonds. The molecule has 0 unspecified atom stereocenters. The highest BCUT2D eigenvalue weighted by Crippen LogP contribution is 2.39. The lowest BCUT2D eigenvalue weighted by Crippen LogP contribution is -2.25. The summed E-state index contributed by atoms with van der Waals surface area (Å²) in [7, 11) is 3.64. The molecule has 0 saturated carbocycles. The van der Waals surface area contributed by atoms with E-state index in [0.717, 1.165) is 41.3 Å². The third-order valence-electron chi connectivity index (χ3n) is 4.88. The lowest BCUT2D eigenvalue weighted by Gasteiger charge is -2.22. The van der Waals surface area contributed by atoms with E-state index in [9.17, 15) is 5.11 Å². The van der Waals surface area contributed by atoms with Crippen LogP contribution in [0.25, 0.3) is 11.3 Å². The lowest BCUT2D eigenvalue weighted by molar-refractivity contribution is 0.206. The molecule has 3 heterocycles. The van der Waals surface area contributed by atoms with Crippen molar-refractivity contribution in [3.05, 3.63) is 54.4 Å². The van der Waals surface area contributed by atoms with Gasteiger partial charge >= 0.3 is 0 Å². The van der Waals surface area contributed by atoms with Gasteiger partial charge in [0.1, 0.15) is 11.6 Å². The number of hydrogen-bond donors (Lipinski definition) is 1. The molecule has 7 heteroatoms. The predicted octanol–water partition coefficient (Wildman–Crippen LogP) is 3.02. The average molecular weight is 377 g/mol. The molecular weight excluding hydrogens is 354 g/mol. The van der Waals surface area contributed by atoms with E-state index in [-0.39, 0.29) is 5.75 Å². The molecule has 1 aromatic carbocycles. The predicted molar refractivity (Wildman–Crippen MR) is 109 cm³/mol. The molecule has 0 atom stereocenters. The first-order valence-electron chi connectivity index (χ1n) is 9.25. The van der Waals surface area contributed by atoms with Crippen LogP contribution in [-0.2, 0) is 11.2 Å². The summed E-state index contributed by atoms with van der Waals surface area (Å²) >= 11 is 0. The molecular formula is C21H23N5O2. The number of nitrogens with zero attached hydrogens (tertiary/aromatic N) is 5. The number of methoxy groups -OCH3 is 1. The quantitative estimate of drug-likeness (QED) is 0.708. The number of benzene rings is 1. The maximum atomic E-state index is 9.96. The van der Waals surface area contributed by atoms with Crippen LogP contribution in [0.5, 0.6) is 5.75 Å². The molecule has 1 aliphatic rings. The lowest BCUT2D eigenvalue weighted by atomic mass is 10.1. The number of anilines is 3. The Morgan fingerprint density at radius 2 is 2.00 bits per heavy atom. The van der Waals surface area contributed by atoms with Crippen LogP contribution in [0.15, 0.2) is 48.8 Å². The highest BCUT2D eigenvalue weighted by Gasteiger charge is 2.28. The third kappa shape index (κ3) is 3.48. The summed E-state index contributed by atoms with van der Waals surface area (Å²) in [4.78, 5) is 18.0. The number of rotatable bonds is 6. The van der Waals surface area contributed by atoms with E-state index >= 15 is 0 Å². The SMILES string of the molecule is COCCN(C)c1nc(-c2cccc(O)c2)c2c(n1)N(c1ccncc1)CC2. The van der Waals surface area contributed by atoms with Gasteiger partial charge in [-0.1, -0.05) is 12.1 Å². The summed E-state index contributed by atoms with van der Waals surface area (Å²) in [5.41, 5.74) is 3.89. The molecule has 3 aromatic rings. The van der Waals surface area contributed by atoms with Crippen LogP contribution in [0.3, 0.4) is 0 Å². The zero-order chi connectivity index (χ0) is 19.5. The Labute approximate surface area is 164 Å². The van der Waals surface area contributed by atoms with Crippen molar-refractivity contribution in [1.82, 2.24) is 15.0 Å². The van der Waals surface area contributed by atoms with Gasteiger partial charge in [0.15, 0.2) is 0 Å². The minimum atomic E-state index is 0.225. The highest BCUT2D eigenvalue weighted by molar-refractivity contribution is 5.77. The summed E-state index contributed by atoms with van der Waals surface area (Å²) in [6.45, 7) is 2.10. The summed E-state index contributed by atoms with van der Waals surface area (Å²) in [5, 5.41) is 9.96. The van der Waals surface area contributed by atoms with Crippen molar-refractivity contribution in [1.29, 1.82) is 0 Å². The number of hydrogen-bond acceptors (Lipinski definition) is 7. The van der Waals surface area contributed by atoms with E-state index in [1.807, 2.05) is 36.2 Å². The average Bonchev–Trinajstić information content (AvgIpc) is 3.16. The molecule has 0 radical (unpaired) electrons. The molecule has 1 aliphatic heterocycles. The maximum Gasteiger partial charge on any atom is 0.227 e. The van der Waals surface area contributed by atoms with Gasteiger partial charge in [0.2, 0.25) is 5.95 Å². The highest BCUT2D eigenvalue weighted by atomic mass is 16.5. The molecule has 0 aliphatic carbocycles. The largest absolute Gasteiger partial charge is 0.508 e. The van der Waals surface area contributed by atoms with E-state index in [0.29, 0.717) is 19.1 Å². The van der Waals surface area contributed by atoms with Gasteiger partial charge in [0.25, 0.3) is 0 Å². The normalized spacial score (nSPS) is 12.9. The van der Waals surface area contributed by atoms with Crippen molar-refractivity contribution in [3.8, 4) is 17.0 Å². The van der Waals surface area contributed by atoms with Gasteiger partial charge in [0, 0.05) is 56.5 Å². The van der Waals surface area contributed by atoms with Crippen molar-refractivity contribution in [3.63, 3.8) is 0 Å². The van der Waals surface area contributed by atoms with Crippen molar-refractivity contribution in [2.75, 3.05) is 43.7 Å². The van der Waals surface area contributed by atoms with Gasteiger partial charge in [-0.25, -0.2) is 4.98 Å². The van der Waals surface area contributed by atoms with Crippen molar-refractivity contribution in [2.24, 2.45) is 0 Å². The summed E-state index contributed by atoms with van der Waals surface area (Å²) in [5.74, 6) is 1.76. The van der Waals surface area contributed by atoms with Gasteiger partial charge in [0.05, 0.1) is 12.3 Å². The molecule has 4 rings (SSSR count). The Morgan fingerprint density at radius 3 is 2.75 bits per heavy atom. The van der Waals surface area contributed by atoms with Crippen molar-refractivity contribution in [2.45, 2.75) is 6.42 Å². The number of pyridine rings is 1. The fraction of sp³-hybridized carbons (Fsp3) is 0.286. The van der Waals surface area contributed by atoms with Crippen LogP contribution in [0, 0.1) is 0 Å². The Hall–Kier alpha value is -3.19. The smallest absolute Gasteiger partial charge is 0.227 e. The number of phenolic OH excluding ortho intramolecular Hbond substituents is 1. The zero-order valence-corrected chi connectivity index (χ0v) is 16.0. The fourth-order valence-electron chi connectivity index (χ4n) is 3.41. The fourth-order valence-corrected chi connectivity index (χ4v) is 3.41. The molecule has 0 fully saturated rings. The number of likely N-dealkylation sites (N-methyl/N-ethyl adjacent to an activating group) is 1. The van der Waals surface area contributed by atoms with E-state index in [1.165, 1.54) is 0 Å². The monoisotopic (exact) mass is 377 g/mol. The van der Waals surface area contributed by atoms with E-state index in [4.69, 9.17) is 14.7 Å². The first-order chi connectivity index (χ1) is 13.7. The van der Waals surface area contributed by atoms with Gasteiger partial charge < -0.3 is 19.6 Å². The molecule has 7 nitrogen and oxygen atoms in total. The van der Waals surface area contributed by atoms with Gasteiger partial charge in [-0.05, 0) is 30.7 Å². The Kier molecular flexibility index (Phi) is 5.08. The van der Waals surface area contributed by atoms with Crippen LogP contribution < -0.4 is 9.80 Å². The van der Waals surface area contributed by atoms with Crippen LogP contribution >= 0.6 is 0 Å². The summed E-state index contributed by atoms with van der Waals surface area (Å²) < 4.78 is 5.20. The van der Waals surface area contributed by atoms with Crippen LogP contribution in [0.4, 0.5) is 17.5 Å². The van der Waals surface area contributed by atoms with Crippen molar-refractivity contribution < 1.29 is 9.84 Å². The third-order valence-corrected chi connectivity index (χ3v) is 4.88. The van der Waals surface area contributed by atoms with Gasteiger partial charge in [-0.3, -0.25) is 4.98 Å². The van der Waals surface area contributed by atoms with Gasteiger partial charge in [-0.2, -0.15) is 4.98 Å². The van der Waals surface area contributed by atoms with E-state index < -0.39 is 0 Å². The number of fused-ring (bicyclic) bond motifs is 1. The molecule has 0 bridgehead atoms. The topological polar surface area (TPSA) is 74.6 Å². The Balaban J connectivity index is 1.83. The minimum Gasteiger partial charge on any atom is -0.508 e. The van der Waals surface area contributed by atoms with Crippen molar-refractivity contribution >= 4 is 17.5 Å². The first kappa shape index (κ1) is 18.2. The zero-order valence-electron chi connectivity index (χ0n) is 16.0. The first-order valence-corrected chi connectivity index (χ1v) is 9.25. The van der Waals surface area contributed by atoms with E-state index in [2.05, 4.69) is 9.88 Å².